The number of ether oxygens (including phenoxy) is 6. The molecule has 0 aromatic rings. The maximum Gasteiger partial charge on any atom is 0.220 e. The van der Waals surface area contributed by atoms with E-state index >= 15 is 0 Å². The zero-order chi connectivity index (χ0) is 65.4. The summed E-state index contributed by atoms with van der Waals surface area (Å²) in [7, 11) is 0. The Balaban J connectivity index is 1.33. The lowest BCUT2D eigenvalue weighted by molar-refractivity contribution is -0.379. The van der Waals surface area contributed by atoms with Crippen molar-refractivity contribution >= 4 is 5.91 Å². The van der Waals surface area contributed by atoms with Crippen LogP contribution in [0.5, 0.6) is 0 Å². The monoisotopic (exact) mass is 1290 g/mol. The number of carbonyl (C=O) groups is 1. The van der Waals surface area contributed by atoms with Crippen molar-refractivity contribution in [3.05, 3.63) is 36.5 Å². The number of hydrogen-bond acceptors (Lipinski definition) is 18. The van der Waals surface area contributed by atoms with E-state index in [1.54, 1.807) is 6.08 Å². The minimum Gasteiger partial charge on any atom is -0.394 e. The Morgan fingerprint density at radius 2 is 0.733 bits per heavy atom. The third-order valence-electron chi connectivity index (χ3n) is 18.2. The van der Waals surface area contributed by atoms with Gasteiger partial charge in [0, 0.05) is 6.42 Å². The van der Waals surface area contributed by atoms with E-state index < -0.39 is 124 Å². The highest BCUT2D eigenvalue weighted by atomic mass is 16.8. The predicted octanol–water partition coefficient (Wildman–Crippen LogP) is 10.00. The highest BCUT2D eigenvalue weighted by Crippen LogP contribution is 2.33. The Labute approximate surface area is 542 Å². The number of aliphatic hydroxyl groups is 11. The van der Waals surface area contributed by atoms with Crippen molar-refractivity contribution in [3.63, 3.8) is 0 Å². The summed E-state index contributed by atoms with van der Waals surface area (Å²) >= 11 is 0. The zero-order valence-electron chi connectivity index (χ0n) is 55.9. The number of carbonyl (C=O) groups excluding carboxylic acids is 1. The largest absolute Gasteiger partial charge is 0.394 e. The van der Waals surface area contributed by atoms with Crippen molar-refractivity contribution < 1.29 is 89.4 Å². The number of rotatable bonds is 56. The molecule has 0 aromatic carbocycles. The van der Waals surface area contributed by atoms with Crippen LogP contribution in [-0.2, 0) is 33.2 Å². The number of aliphatic hydroxyl groups excluding tert-OH is 11. The molecule has 3 aliphatic heterocycles. The highest BCUT2D eigenvalue weighted by Gasteiger charge is 2.53. The van der Waals surface area contributed by atoms with Crippen LogP contribution in [0.4, 0.5) is 0 Å². The average molecular weight is 1290 g/mol. The van der Waals surface area contributed by atoms with Crippen molar-refractivity contribution in [1.29, 1.82) is 0 Å². The minimum absolute atomic E-state index is 0.247. The van der Waals surface area contributed by atoms with E-state index in [2.05, 4.69) is 43.5 Å². The Morgan fingerprint density at radius 3 is 1.13 bits per heavy atom. The van der Waals surface area contributed by atoms with Crippen molar-refractivity contribution in [3.8, 4) is 0 Å². The van der Waals surface area contributed by atoms with Gasteiger partial charge in [-0.3, -0.25) is 4.79 Å². The fourth-order valence-corrected chi connectivity index (χ4v) is 12.3. The van der Waals surface area contributed by atoms with Crippen molar-refractivity contribution in [1.82, 2.24) is 5.32 Å². The maximum atomic E-state index is 13.4. The first kappa shape index (κ1) is 82.2. The topological polar surface area (TPSA) is 307 Å². The molecular weight excluding hydrogens is 1150 g/mol. The van der Waals surface area contributed by atoms with Gasteiger partial charge in [-0.15, -0.1) is 0 Å². The van der Waals surface area contributed by atoms with E-state index in [4.69, 9.17) is 28.4 Å². The number of allylic oxidation sites excluding steroid dienone is 5. The van der Waals surface area contributed by atoms with E-state index in [0.29, 0.717) is 6.42 Å². The van der Waals surface area contributed by atoms with Crippen molar-refractivity contribution in [2.75, 3.05) is 26.4 Å². The quantitative estimate of drug-likeness (QED) is 0.0199. The molecule has 12 N–H and O–H groups in total. The molecule has 90 heavy (non-hydrogen) atoms. The Kier molecular flexibility index (Phi) is 48.6. The summed E-state index contributed by atoms with van der Waals surface area (Å²) in [5.74, 6) is -0.273. The van der Waals surface area contributed by atoms with Crippen LogP contribution >= 0.6 is 0 Å². The summed E-state index contributed by atoms with van der Waals surface area (Å²) in [6.45, 7) is 1.72. The minimum atomic E-state index is -1.98. The summed E-state index contributed by atoms with van der Waals surface area (Å²) in [6.07, 6.45) is 35.8. The lowest BCUT2D eigenvalue weighted by atomic mass is 9.96. The standard InChI is InChI=1S/C71H131NO18/c1-3-5-7-9-11-13-15-17-18-19-20-21-22-23-24-25-26-27-28-29-30-31-32-33-34-35-36-37-39-41-43-45-47-49-59(77)72-54(55(76)48-46-44-42-40-38-16-14-12-10-8-6-4-2)53-85-69-65(83)62(80)67(57(51-74)87-69)90-71-66(84)63(81)68(58(52-75)88-71)89-70-64(82)61(79)60(78)56(50-73)86-70/h15,17,19-20,46,48,54-58,60-71,73-76,78-84H,3-14,16,18,21-45,47,49-53H2,1-2H3,(H,72,77)/b17-15-,20-19-,48-46+. The molecule has 1 amide bonds. The van der Waals surface area contributed by atoms with Gasteiger partial charge < -0.3 is 89.9 Å². The molecule has 3 rings (SSSR count). The first-order valence-corrected chi connectivity index (χ1v) is 36.2. The van der Waals surface area contributed by atoms with Crippen LogP contribution in [0.3, 0.4) is 0 Å². The Hall–Kier alpha value is -1.99. The normalized spacial score (nSPS) is 28.2. The first-order valence-electron chi connectivity index (χ1n) is 36.2. The third-order valence-corrected chi connectivity index (χ3v) is 18.2. The van der Waals surface area contributed by atoms with Crippen LogP contribution in [0.25, 0.3) is 0 Å². The molecule has 0 aliphatic carbocycles. The van der Waals surface area contributed by atoms with E-state index in [9.17, 15) is 61.0 Å². The van der Waals surface area contributed by atoms with E-state index in [-0.39, 0.29) is 18.9 Å². The molecule has 0 saturated carbocycles. The van der Waals surface area contributed by atoms with Crippen LogP contribution in [0, 0.1) is 0 Å². The van der Waals surface area contributed by atoms with Crippen LogP contribution in [0.1, 0.15) is 277 Å². The zero-order valence-corrected chi connectivity index (χ0v) is 55.9. The van der Waals surface area contributed by atoms with E-state index in [0.717, 1.165) is 51.4 Å². The third kappa shape index (κ3) is 34.6. The fourth-order valence-electron chi connectivity index (χ4n) is 12.3. The van der Waals surface area contributed by atoms with Gasteiger partial charge in [0.1, 0.15) is 73.2 Å². The first-order chi connectivity index (χ1) is 43.8. The second-order valence-corrected chi connectivity index (χ2v) is 26.1. The maximum absolute atomic E-state index is 13.4. The molecule has 3 saturated heterocycles. The van der Waals surface area contributed by atoms with Crippen LogP contribution in [0.15, 0.2) is 36.5 Å². The van der Waals surface area contributed by atoms with Gasteiger partial charge in [0.2, 0.25) is 5.91 Å². The molecule has 3 fully saturated rings. The van der Waals surface area contributed by atoms with Crippen molar-refractivity contribution in [2.45, 2.75) is 381 Å². The summed E-state index contributed by atoms with van der Waals surface area (Å²) < 4.78 is 34.3. The van der Waals surface area contributed by atoms with Gasteiger partial charge in [-0.05, 0) is 51.4 Å². The van der Waals surface area contributed by atoms with Gasteiger partial charge in [0.25, 0.3) is 0 Å². The van der Waals surface area contributed by atoms with Gasteiger partial charge in [-0.1, -0.05) is 256 Å². The molecule has 0 aromatic heterocycles. The van der Waals surface area contributed by atoms with Gasteiger partial charge in [0.05, 0.1) is 38.6 Å². The summed E-state index contributed by atoms with van der Waals surface area (Å²) in [4.78, 5) is 13.4. The predicted molar refractivity (Wildman–Crippen MR) is 351 cm³/mol. The molecular formula is C71H131NO18. The van der Waals surface area contributed by atoms with E-state index in [1.807, 2.05) is 6.08 Å². The van der Waals surface area contributed by atoms with Crippen LogP contribution in [-0.4, -0.2) is 193 Å². The molecule has 19 heteroatoms. The highest BCUT2D eigenvalue weighted by molar-refractivity contribution is 5.76. The molecule has 17 atom stereocenters. The van der Waals surface area contributed by atoms with E-state index in [1.165, 1.54) is 199 Å². The lowest BCUT2D eigenvalue weighted by Gasteiger charge is -2.48. The molecule has 3 aliphatic rings. The molecule has 17 unspecified atom stereocenters. The summed E-state index contributed by atoms with van der Waals surface area (Å²) in [5, 5.41) is 120. The number of unbranched alkanes of at least 4 members (excludes halogenated alkanes) is 36. The van der Waals surface area contributed by atoms with Crippen molar-refractivity contribution in [2.24, 2.45) is 0 Å². The molecule has 0 bridgehead atoms. The second kappa shape index (κ2) is 53.2. The Bertz CT molecular complexity index is 1780. The second-order valence-electron chi connectivity index (χ2n) is 26.1. The Morgan fingerprint density at radius 1 is 0.400 bits per heavy atom. The lowest BCUT2D eigenvalue weighted by Crippen LogP contribution is -2.66. The number of amides is 1. The van der Waals surface area contributed by atoms with Crippen LogP contribution < -0.4 is 5.32 Å². The van der Waals surface area contributed by atoms with Gasteiger partial charge >= 0.3 is 0 Å². The van der Waals surface area contributed by atoms with Gasteiger partial charge in [-0.25, -0.2) is 0 Å². The summed E-state index contributed by atoms with van der Waals surface area (Å²) in [6, 6.07) is -0.970. The fraction of sp³-hybridized carbons (Fsp3) is 0.901. The molecule has 528 valence electrons. The molecule has 19 nitrogen and oxygen atoms in total. The summed E-state index contributed by atoms with van der Waals surface area (Å²) in [5.41, 5.74) is 0. The average Bonchev–Trinajstić information content (AvgIpc) is 0.864. The number of nitrogens with one attached hydrogen (secondary N) is 1. The van der Waals surface area contributed by atoms with Crippen LogP contribution in [0.2, 0.25) is 0 Å². The molecule has 0 radical (unpaired) electrons. The SMILES string of the molecule is CCCCCCC/C=C\C/C=C\CCCCCCCCCCCCCCCCCCCCCCCC(=O)NC(COC1OC(CO)C(OC2OC(CO)C(OC3OC(CO)C(O)C(O)C3O)C(O)C2O)C(O)C1O)C(O)/C=C/CCCCCCCCCCCC. The van der Waals surface area contributed by atoms with Gasteiger partial charge in [0.15, 0.2) is 18.9 Å². The van der Waals surface area contributed by atoms with Gasteiger partial charge in [-0.2, -0.15) is 0 Å². The molecule has 3 heterocycles. The smallest absolute Gasteiger partial charge is 0.220 e. The number of hydrogen-bond donors (Lipinski definition) is 12. The molecule has 0 spiro atoms.